The number of rotatable bonds is 4. The van der Waals surface area contributed by atoms with E-state index in [1.807, 2.05) is 6.07 Å². The molecule has 0 aliphatic carbocycles. The van der Waals surface area contributed by atoms with Crippen LogP contribution < -0.4 is 4.74 Å². The van der Waals surface area contributed by atoms with E-state index in [1.165, 1.54) is 11.1 Å². The molecule has 0 aliphatic rings. The molecule has 0 amide bonds. The summed E-state index contributed by atoms with van der Waals surface area (Å²) in [6.45, 7) is 13.3. The first kappa shape index (κ1) is 19.0. The maximum Gasteiger partial charge on any atom is 0.336 e. The molecule has 3 nitrogen and oxygen atoms in total. The Morgan fingerprint density at radius 2 is 1.44 bits per heavy atom. The summed E-state index contributed by atoms with van der Waals surface area (Å²) in [7, 11) is 0. The van der Waals surface area contributed by atoms with E-state index < -0.39 is 5.97 Å². The van der Waals surface area contributed by atoms with Crippen molar-refractivity contribution in [3.8, 4) is 5.75 Å². The average molecular weight is 340 g/mol. The lowest BCUT2D eigenvalue weighted by molar-refractivity contribution is 0.0694. The Bertz CT molecular complexity index is 729. The third-order valence-corrected chi connectivity index (χ3v) is 4.28. The van der Waals surface area contributed by atoms with Gasteiger partial charge in [0.15, 0.2) is 0 Å². The molecular weight excluding hydrogens is 312 g/mol. The molecule has 0 aliphatic heterocycles. The number of hydrogen-bond donors (Lipinski definition) is 1. The van der Waals surface area contributed by atoms with Gasteiger partial charge in [0, 0.05) is 5.56 Å². The lowest BCUT2D eigenvalue weighted by atomic mass is 9.80. The quantitative estimate of drug-likeness (QED) is 0.792. The summed E-state index contributed by atoms with van der Waals surface area (Å²) in [4.78, 5) is 11.3. The third kappa shape index (κ3) is 4.85. The van der Waals surface area contributed by atoms with E-state index in [0.717, 1.165) is 5.75 Å². The van der Waals surface area contributed by atoms with E-state index >= 15 is 0 Å². The number of ether oxygens (including phenoxy) is 1. The highest BCUT2D eigenvalue weighted by Crippen LogP contribution is 2.33. The molecule has 0 unspecified atom stereocenters. The van der Waals surface area contributed by atoms with Gasteiger partial charge in [-0.25, -0.2) is 4.79 Å². The molecule has 0 atom stereocenters. The zero-order chi connectivity index (χ0) is 18.8. The second-order valence-corrected chi connectivity index (χ2v) is 8.50. The van der Waals surface area contributed by atoms with Crippen LogP contribution >= 0.6 is 0 Å². The van der Waals surface area contributed by atoms with Crippen molar-refractivity contribution in [2.45, 2.75) is 59.0 Å². The molecule has 0 heterocycles. The number of hydrogen-bond acceptors (Lipinski definition) is 2. The molecule has 3 heteroatoms. The minimum absolute atomic E-state index is 0.0122. The van der Waals surface area contributed by atoms with Gasteiger partial charge in [0.25, 0.3) is 0 Å². The van der Waals surface area contributed by atoms with Crippen LogP contribution in [0.3, 0.4) is 0 Å². The summed E-state index contributed by atoms with van der Waals surface area (Å²) in [6.07, 6.45) is 0. The first-order chi connectivity index (χ1) is 11.5. The van der Waals surface area contributed by atoms with Crippen LogP contribution in [0.4, 0.5) is 0 Å². The largest absolute Gasteiger partial charge is 0.489 e. The van der Waals surface area contributed by atoms with Gasteiger partial charge in [0.05, 0.1) is 5.56 Å². The molecule has 2 aromatic rings. The molecule has 2 rings (SSSR count). The molecule has 0 fully saturated rings. The van der Waals surface area contributed by atoms with Crippen molar-refractivity contribution in [3.63, 3.8) is 0 Å². The van der Waals surface area contributed by atoms with Crippen molar-refractivity contribution in [3.05, 3.63) is 64.7 Å². The van der Waals surface area contributed by atoms with Gasteiger partial charge < -0.3 is 9.84 Å². The summed E-state index contributed by atoms with van der Waals surface area (Å²) in [6, 6.07) is 13.3. The second kappa shape index (κ2) is 6.91. The van der Waals surface area contributed by atoms with E-state index in [-0.39, 0.29) is 23.0 Å². The SMILES string of the molecule is CC(C)(C)c1cc(OCc2ccccc2C(=O)O)cc(C(C)(C)C)c1. The van der Waals surface area contributed by atoms with Crippen LogP contribution in [0.5, 0.6) is 5.75 Å². The van der Waals surface area contributed by atoms with Crippen LogP contribution in [-0.4, -0.2) is 11.1 Å². The lowest BCUT2D eigenvalue weighted by Gasteiger charge is -2.26. The molecule has 2 aromatic carbocycles. The van der Waals surface area contributed by atoms with Crippen LogP contribution in [0.15, 0.2) is 42.5 Å². The highest BCUT2D eigenvalue weighted by Gasteiger charge is 2.21. The maximum atomic E-state index is 11.3. The Morgan fingerprint density at radius 3 is 1.92 bits per heavy atom. The number of aromatic carboxylic acids is 1. The molecular formula is C22H28O3. The number of carbonyl (C=O) groups is 1. The van der Waals surface area contributed by atoms with Crippen molar-refractivity contribution < 1.29 is 14.6 Å². The molecule has 0 saturated heterocycles. The van der Waals surface area contributed by atoms with Gasteiger partial charge in [0.2, 0.25) is 0 Å². The van der Waals surface area contributed by atoms with Gasteiger partial charge in [-0.15, -0.1) is 0 Å². The Hall–Kier alpha value is -2.29. The molecule has 1 N–H and O–H groups in total. The Balaban J connectivity index is 2.35. The van der Waals surface area contributed by atoms with Crippen LogP contribution in [0.25, 0.3) is 0 Å². The zero-order valence-corrected chi connectivity index (χ0v) is 16.0. The third-order valence-electron chi connectivity index (χ3n) is 4.28. The fourth-order valence-corrected chi connectivity index (χ4v) is 2.56. The van der Waals surface area contributed by atoms with Gasteiger partial charge >= 0.3 is 5.97 Å². The molecule has 25 heavy (non-hydrogen) atoms. The van der Waals surface area contributed by atoms with E-state index in [9.17, 15) is 9.90 Å². The molecule has 134 valence electrons. The van der Waals surface area contributed by atoms with Crippen molar-refractivity contribution in [1.29, 1.82) is 0 Å². The van der Waals surface area contributed by atoms with E-state index in [2.05, 4.69) is 59.7 Å². The van der Waals surface area contributed by atoms with Gasteiger partial charge in [-0.05, 0) is 40.2 Å². The van der Waals surface area contributed by atoms with Crippen molar-refractivity contribution in [2.75, 3.05) is 0 Å². The van der Waals surface area contributed by atoms with Gasteiger partial charge in [-0.2, -0.15) is 0 Å². The zero-order valence-electron chi connectivity index (χ0n) is 16.0. The minimum Gasteiger partial charge on any atom is -0.489 e. The van der Waals surface area contributed by atoms with E-state index in [1.54, 1.807) is 18.2 Å². The monoisotopic (exact) mass is 340 g/mol. The smallest absolute Gasteiger partial charge is 0.336 e. The summed E-state index contributed by atoms with van der Waals surface area (Å²) in [5.41, 5.74) is 3.40. The Labute approximate surface area is 150 Å². The predicted molar refractivity (Wildman–Crippen MR) is 102 cm³/mol. The molecule has 0 saturated carbocycles. The van der Waals surface area contributed by atoms with Crippen molar-refractivity contribution >= 4 is 5.97 Å². The van der Waals surface area contributed by atoms with Crippen molar-refractivity contribution in [2.24, 2.45) is 0 Å². The van der Waals surface area contributed by atoms with Gasteiger partial charge in [-0.3, -0.25) is 0 Å². The molecule has 0 bridgehead atoms. The maximum absolute atomic E-state index is 11.3. The number of carboxylic acid groups (broad SMARTS) is 1. The van der Waals surface area contributed by atoms with Crippen molar-refractivity contribution in [1.82, 2.24) is 0 Å². The van der Waals surface area contributed by atoms with Crippen LogP contribution in [0, 0.1) is 0 Å². The van der Waals surface area contributed by atoms with E-state index in [0.29, 0.717) is 5.56 Å². The Kier molecular flexibility index (Phi) is 5.26. The van der Waals surface area contributed by atoms with Crippen LogP contribution in [0.2, 0.25) is 0 Å². The molecule has 0 spiro atoms. The van der Waals surface area contributed by atoms with Crippen LogP contribution in [-0.2, 0) is 17.4 Å². The predicted octanol–water partition coefficient (Wildman–Crippen LogP) is 5.56. The average Bonchev–Trinajstić information content (AvgIpc) is 2.51. The van der Waals surface area contributed by atoms with E-state index in [4.69, 9.17) is 4.74 Å². The fourth-order valence-electron chi connectivity index (χ4n) is 2.56. The number of carboxylic acids is 1. The normalized spacial score (nSPS) is 12.1. The minimum atomic E-state index is -0.932. The van der Waals surface area contributed by atoms with Crippen LogP contribution in [0.1, 0.15) is 68.6 Å². The summed E-state index contributed by atoms with van der Waals surface area (Å²) in [5, 5.41) is 9.31. The first-order valence-electron chi connectivity index (χ1n) is 8.58. The summed E-state index contributed by atoms with van der Waals surface area (Å²) >= 11 is 0. The highest BCUT2D eigenvalue weighted by molar-refractivity contribution is 5.89. The Morgan fingerprint density at radius 1 is 0.920 bits per heavy atom. The number of benzene rings is 2. The molecule has 0 radical (unpaired) electrons. The fraction of sp³-hybridized carbons (Fsp3) is 0.409. The summed E-state index contributed by atoms with van der Waals surface area (Å²) in [5.74, 6) is -0.157. The summed E-state index contributed by atoms with van der Waals surface area (Å²) < 4.78 is 5.99. The lowest BCUT2D eigenvalue weighted by Crippen LogP contribution is -2.16. The molecule has 0 aromatic heterocycles. The topological polar surface area (TPSA) is 46.5 Å². The standard InChI is InChI=1S/C22H28O3/c1-21(2,3)16-11-17(22(4,5)6)13-18(12-16)25-14-15-9-7-8-10-19(15)20(23)24/h7-13H,14H2,1-6H3,(H,23,24). The highest BCUT2D eigenvalue weighted by atomic mass is 16.5. The second-order valence-electron chi connectivity index (χ2n) is 8.50. The van der Waals surface area contributed by atoms with Gasteiger partial charge in [-0.1, -0.05) is 65.8 Å². The van der Waals surface area contributed by atoms with Gasteiger partial charge in [0.1, 0.15) is 12.4 Å². The first-order valence-corrected chi connectivity index (χ1v) is 8.58.